The molecule has 0 aliphatic heterocycles. The van der Waals surface area contributed by atoms with Crippen LogP contribution in [-0.4, -0.2) is 25.3 Å². The van der Waals surface area contributed by atoms with Crippen molar-refractivity contribution in [3.63, 3.8) is 0 Å². The van der Waals surface area contributed by atoms with Crippen molar-refractivity contribution in [2.24, 2.45) is 5.92 Å². The number of allylic oxidation sites excluding steroid dienone is 3. The van der Waals surface area contributed by atoms with Gasteiger partial charge in [-0.3, -0.25) is 0 Å². The van der Waals surface area contributed by atoms with E-state index in [1.807, 2.05) is 13.0 Å². The fourth-order valence-electron chi connectivity index (χ4n) is 4.30. The van der Waals surface area contributed by atoms with E-state index in [2.05, 4.69) is 26.5 Å². The van der Waals surface area contributed by atoms with Crippen molar-refractivity contribution in [2.75, 3.05) is 14.2 Å². The Balaban J connectivity index is 2.71. The van der Waals surface area contributed by atoms with Crippen LogP contribution in [0.25, 0.3) is 0 Å². The fraction of sp³-hybridized carbons (Fsp3) is 0.542. The summed E-state index contributed by atoms with van der Waals surface area (Å²) in [5, 5.41) is 9.99. The van der Waals surface area contributed by atoms with Gasteiger partial charge >= 0.3 is 5.97 Å². The van der Waals surface area contributed by atoms with Gasteiger partial charge in [-0.15, -0.1) is 0 Å². The number of hydrogen-bond acceptors (Lipinski definition) is 3. The molecule has 0 amide bonds. The number of carboxylic acids is 1. The molecule has 0 unspecified atom stereocenters. The van der Waals surface area contributed by atoms with Crippen LogP contribution in [0.15, 0.2) is 29.9 Å². The van der Waals surface area contributed by atoms with E-state index in [1.165, 1.54) is 5.57 Å². The van der Waals surface area contributed by atoms with Gasteiger partial charge in [-0.1, -0.05) is 43.6 Å². The van der Waals surface area contributed by atoms with Crippen molar-refractivity contribution in [1.82, 2.24) is 0 Å². The van der Waals surface area contributed by atoms with Gasteiger partial charge in [-0.25, -0.2) is 4.79 Å². The number of ether oxygens (including phenoxy) is 2. The molecular formula is C24H34O4. The molecule has 4 heteroatoms. The maximum atomic E-state index is 12.2. The van der Waals surface area contributed by atoms with Gasteiger partial charge in [0.1, 0.15) is 17.1 Å². The Morgan fingerprint density at radius 1 is 1.29 bits per heavy atom. The van der Waals surface area contributed by atoms with Crippen LogP contribution in [0.3, 0.4) is 0 Å². The molecule has 2 rings (SSSR count). The summed E-state index contributed by atoms with van der Waals surface area (Å²) >= 11 is 0. The van der Waals surface area contributed by atoms with Gasteiger partial charge < -0.3 is 14.6 Å². The summed E-state index contributed by atoms with van der Waals surface area (Å²) in [5.74, 6) is 0.421. The van der Waals surface area contributed by atoms with Gasteiger partial charge in [0.2, 0.25) is 0 Å². The van der Waals surface area contributed by atoms with E-state index < -0.39 is 5.97 Å². The van der Waals surface area contributed by atoms with E-state index in [9.17, 15) is 9.90 Å². The Hall–Kier alpha value is -2.23. The Labute approximate surface area is 169 Å². The SMILES string of the molecule is C=C(C)[C@@H]1CCC(C)=C[C@@H]1c1c(OC)cc(CCCCC)c(C(=O)O)c1OC. The molecule has 28 heavy (non-hydrogen) atoms. The Morgan fingerprint density at radius 3 is 2.54 bits per heavy atom. The molecule has 1 aromatic rings. The van der Waals surface area contributed by atoms with Crippen molar-refractivity contribution >= 4 is 5.97 Å². The molecule has 0 saturated heterocycles. The zero-order valence-electron chi connectivity index (χ0n) is 17.9. The van der Waals surface area contributed by atoms with Crippen LogP contribution in [0.2, 0.25) is 0 Å². The molecule has 1 aliphatic carbocycles. The first-order chi connectivity index (χ1) is 13.3. The number of carbonyl (C=O) groups is 1. The number of unbranched alkanes of at least 4 members (excludes halogenated alkanes) is 2. The number of methoxy groups -OCH3 is 2. The van der Waals surface area contributed by atoms with Crippen molar-refractivity contribution in [3.8, 4) is 11.5 Å². The van der Waals surface area contributed by atoms with E-state index in [1.54, 1.807) is 14.2 Å². The van der Waals surface area contributed by atoms with Gasteiger partial charge in [-0.2, -0.15) is 0 Å². The first kappa shape index (κ1) is 22.1. The van der Waals surface area contributed by atoms with Crippen LogP contribution in [0.1, 0.15) is 80.3 Å². The van der Waals surface area contributed by atoms with Crippen LogP contribution in [-0.2, 0) is 6.42 Å². The monoisotopic (exact) mass is 386 g/mol. The maximum Gasteiger partial charge on any atom is 0.339 e. The predicted molar refractivity (Wildman–Crippen MR) is 114 cm³/mol. The maximum absolute atomic E-state index is 12.2. The molecule has 0 radical (unpaired) electrons. The van der Waals surface area contributed by atoms with Crippen LogP contribution in [0, 0.1) is 5.92 Å². The highest BCUT2D eigenvalue weighted by molar-refractivity contribution is 5.94. The molecule has 1 N–H and O–H groups in total. The minimum Gasteiger partial charge on any atom is -0.496 e. The first-order valence-corrected chi connectivity index (χ1v) is 10.2. The second-order valence-electron chi connectivity index (χ2n) is 7.85. The lowest BCUT2D eigenvalue weighted by atomic mass is 9.73. The summed E-state index contributed by atoms with van der Waals surface area (Å²) in [6, 6.07) is 1.91. The third kappa shape index (κ3) is 4.60. The van der Waals surface area contributed by atoms with E-state index in [0.717, 1.165) is 48.8 Å². The largest absolute Gasteiger partial charge is 0.496 e. The highest BCUT2D eigenvalue weighted by atomic mass is 16.5. The van der Waals surface area contributed by atoms with Crippen molar-refractivity contribution < 1.29 is 19.4 Å². The first-order valence-electron chi connectivity index (χ1n) is 10.2. The normalized spacial score (nSPS) is 19.1. The molecule has 154 valence electrons. The van der Waals surface area contributed by atoms with Gasteiger partial charge in [0.25, 0.3) is 0 Å². The van der Waals surface area contributed by atoms with Gasteiger partial charge in [0, 0.05) is 11.5 Å². The second kappa shape index (κ2) is 9.81. The van der Waals surface area contributed by atoms with Gasteiger partial charge in [0.05, 0.1) is 14.2 Å². The molecule has 0 spiro atoms. The zero-order chi connectivity index (χ0) is 20.8. The summed E-state index contributed by atoms with van der Waals surface area (Å²) < 4.78 is 11.5. The molecule has 0 saturated carbocycles. The number of aromatic carboxylic acids is 1. The molecule has 0 heterocycles. The topological polar surface area (TPSA) is 55.8 Å². The van der Waals surface area contributed by atoms with E-state index in [4.69, 9.17) is 9.47 Å². The fourth-order valence-corrected chi connectivity index (χ4v) is 4.30. The number of aryl methyl sites for hydroxylation is 1. The summed E-state index contributed by atoms with van der Waals surface area (Å²) in [5.41, 5.74) is 4.28. The van der Waals surface area contributed by atoms with Crippen molar-refractivity contribution in [2.45, 2.75) is 65.2 Å². The van der Waals surface area contributed by atoms with Crippen LogP contribution in [0.4, 0.5) is 0 Å². The van der Waals surface area contributed by atoms with Crippen molar-refractivity contribution in [1.29, 1.82) is 0 Å². The molecule has 4 nitrogen and oxygen atoms in total. The molecule has 0 aromatic heterocycles. The third-order valence-corrected chi connectivity index (χ3v) is 5.76. The number of benzene rings is 1. The van der Waals surface area contributed by atoms with E-state index in [0.29, 0.717) is 17.9 Å². The number of rotatable bonds is 9. The molecule has 1 aromatic carbocycles. The zero-order valence-corrected chi connectivity index (χ0v) is 17.9. The quantitative estimate of drug-likeness (QED) is 0.408. The lowest BCUT2D eigenvalue weighted by molar-refractivity contribution is 0.0691. The highest BCUT2D eigenvalue weighted by Gasteiger charge is 2.34. The summed E-state index contributed by atoms with van der Waals surface area (Å²) in [6.07, 6.45) is 8.04. The molecule has 2 atom stereocenters. The highest BCUT2D eigenvalue weighted by Crippen LogP contribution is 2.48. The van der Waals surface area contributed by atoms with Gasteiger partial charge in [0.15, 0.2) is 0 Å². The Bertz CT molecular complexity index is 760. The molecule has 0 bridgehead atoms. The summed E-state index contributed by atoms with van der Waals surface area (Å²) in [6.45, 7) is 10.5. The Kier molecular flexibility index (Phi) is 7.73. The predicted octanol–water partition coefficient (Wildman–Crippen LogP) is 6.15. The van der Waals surface area contributed by atoms with E-state index in [-0.39, 0.29) is 17.4 Å². The minimum atomic E-state index is -0.948. The summed E-state index contributed by atoms with van der Waals surface area (Å²) in [4.78, 5) is 12.2. The molecule has 0 fully saturated rings. The molecular weight excluding hydrogens is 352 g/mol. The second-order valence-corrected chi connectivity index (χ2v) is 7.85. The van der Waals surface area contributed by atoms with Gasteiger partial charge in [-0.05, 0) is 57.1 Å². The van der Waals surface area contributed by atoms with Crippen molar-refractivity contribution in [3.05, 3.63) is 46.6 Å². The standard InChI is InChI=1S/C24H34O4/c1-7-8-9-10-17-14-20(27-5)22(23(28-6)21(17)24(25)26)19-13-16(4)11-12-18(19)15(2)3/h13-14,18-19H,2,7-12H2,1,3-6H3,(H,25,26)/t18-,19-/m0/s1. The van der Waals surface area contributed by atoms with Crippen LogP contribution < -0.4 is 9.47 Å². The lowest BCUT2D eigenvalue weighted by Gasteiger charge is -2.33. The smallest absolute Gasteiger partial charge is 0.339 e. The molecule has 1 aliphatic rings. The minimum absolute atomic E-state index is 0.000980. The van der Waals surface area contributed by atoms with Crippen LogP contribution in [0.5, 0.6) is 11.5 Å². The lowest BCUT2D eigenvalue weighted by Crippen LogP contribution is -2.20. The number of carboxylic acid groups (broad SMARTS) is 1. The average molecular weight is 387 g/mol. The van der Waals surface area contributed by atoms with E-state index >= 15 is 0 Å². The number of hydrogen-bond donors (Lipinski definition) is 1. The average Bonchev–Trinajstić information content (AvgIpc) is 2.66. The summed E-state index contributed by atoms with van der Waals surface area (Å²) in [7, 11) is 3.19. The van der Waals surface area contributed by atoms with Crippen LogP contribution >= 0.6 is 0 Å². The Morgan fingerprint density at radius 2 is 2.00 bits per heavy atom. The third-order valence-electron chi connectivity index (χ3n) is 5.76.